The van der Waals surface area contributed by atoms with Crippen LogP contribution in [0.1, 0.15) is 27.3 Å². The van der Waals surface area contributed by atoms with Gasteiger partial charge in [-0.25, -0.2) is 4.98 Å². The number of halogens is 1. The molecule has 3 N–H and O–H groups in total. The van der Waals surface area contributed by atoms with Gasteiger partial charge in [-0.05, 0) is 37.5 Å². The molecule has 0 saturated carbocycles. The number of hydrogen-bond donors (Lipinski definition) is 2. The second-order valence-electron chi connectivity index (χ2n) is 5.42. The van der Waals surface area contributed by atoms with Crippen LogP contribution in [0.4, 0.5) is 5.13 Å². The number of carbonyl (C=O) groups excluding carboxylic acids is 1. The predicted molar refractivity (Wildman–Crippen MR) is 96.9 cm³/mol. The summed E-state index contributed by atoms with van der Waals surface area (Å²) in [6.45, 7) is 0. The van der Waals surface area contributed by atoms with Crippen LogP contribution in [0.2, 0.25) is 0 Å². The lowest BCUT2D eigenvalue weighted by Gasteiger charge is -2.15. The van der Waals surface area contributed by atoms with Crippen LogP contribution in [0.15, 0.2) is 18.2 Å². The average Bonchev–Trinajstić information content (AvgIpc) is 2.95. The Hall–Kier alpha value is -1.83. The van der Waals surface area contributed by atoms with Crippen LogP contribution in [0.3, 0.4) is 0 Å². The van der Waals surface area contributed by atoms with Crippen LogP contribution in [0, 0.1) is 0 Å². The molecule has 0 spiro atoms. The summed E-state index contributed by atoms with van der Waals surface area (Å²) in [6, 6.07) is 5.24. The number of anilines is 1. The van der Waals surface area contributed by atoms with Gasteiger partial charge in [0.05, 0.1) is 19.9 Å². The highest BCUT2D eigenvalue weighted by molar-refractivity contribution is 7.15. The van der Waals surface area contributed by atoms with E-state index in [1.165, 1.54) is 23.3 Å². The van der Waals surface area contributed by atoms with Crippen molar-refractivity contribution in [2.75, 3.05) is 19.5 Å². The van der Waals surface area contributed by atoms with E-state index in [2.05, 4.69) is 10.3 Å². The number of aryl methyl sites for hydroxylation is 1. The molecule has 1 amide bonds. The zero-order valence-electron chi connectivity index (χ0n) is 13.5. The van der Waals surface area contributed by atoms with Crippen molar-refractivity contribution >= 4 is 34.8 Å². The number of thiazole rings is 1. The van der Waals surface area contributed by atoms with Gasteiger partial charge in [0.2, 0.25) is 0 Å². The van der Waals surface area contributed by atoms with Crippen LogP contribution >= 0.6 is 23.7 Å². The number of aromatic nitrogens is 1. The topological polar surface area (TPSA) is 86.5 Å². The number of rotatable bonds is 4. The molecule has 8 heteroatoms. The van der Waals surface area contributed by atoms with E-state index in [4.69, 9.17) is 15.2 Å². The molecule has 0 aliphatic heterocycles. The molecular formula is C16H20ClN3O3S. The lowest BCUT2D eigenvalue weighted by Crippen LogP contribution is -2.27. The fourth-order valence-electron chi connectivity index (χ4n) is 2.60. The summed E-state index contributed by atoms with van der Waals surface area (Å²) in [5, 5.41) is 3.47. The first-order valence-corrected chi connectivity index (χ1v) is 8.20. The van der Waals surface area contributed by atoms with E-state index in [0.29, 0.717) is 22.2 Å². The van der Waals surface area contributed by atoms with Crippen LogP contribution in [0.5, 0.6) is 11.5 Å². The quantitative estimate of drug-likeness (QED) is 0.865. The Balaban J connectivity index is 0.00000208. The van der Waals surface area contributed by atoms with E-state index in [1.54, 1.807) is 25.3 Å². The third kappa shape index (κ3) is 3.80. The molecule has 1 aromatic carbocycles. The third-order valence-electron chi connectivity index (χ3n) is 3.84. The van der Waals surface area contributed by atoms with Gasteiger partial charge in [0, 0.05) is 16.5 Å². The molecule has 0 saturated heterocycles. The van der Waals surface area contributed by atoms with Crippen molar-refractivity contribution < 1.29 is 14.3 Å². The highest BCUT2D eigenvalue weighted by atomic mass is 35.5. The van der Waals surface area contributed by atoms with Gasteiger partial charge < -0.3 is 15.2 Å². The second-order valence-corrected chi connectivity index (χ2v) is 6.50. The maximum Gasteiger partial charge on any atom is 0.257 e. The number of methoxy groups -OCH3 is 2. The molecule has 0 unspecified atom stereocenters. The molecule has 24 heavy (non-hydrogen) atoms. The lowest BCUT2D eigenvalue weighted by molar-refractivity contribution is 0.102. The Kier molecular flexibility index (Phi) is 6.04. The van der Waals surface area contributed by atoms with E-state index in [-0.39, 0.29) is 24.4 Å². The first-order chi connectivity index (χ1) is 11.1. The summed E-state index contributed by atoms with van der Waals surface area (Å²) in [4.78, 5) is 18.1. The molecule has 6 nitrogen and oxygen atoms in total. The summed E-state index contributed by atoms with van der Waals surface area (Å²) in [5.41, 5.74) is 7.52. The Morgan fingerprint density at radius 2 is 2.08 bits per heavy atom. The third-order valence-corrected chi connectivity index (χ3v) is 4.88. The Morgan fingerprint density at radius 3 is 2.79 bits per heavy atom. The molecule has 1 aromatic heterocycles. The monoisotopic (exact) mass is 369 g/mol. The van der Waals surface area contributed by atoms with Gasteiger partial charge in [-0.3, -0.25) is 10.1 Å². The molecule has 3 rings (SSSR count). The first kappa shape index (κ1) is 18.5. The normalized spacial score (nSPS) is 15.9. The van der Waals surface area contributed by atoms with Crippen molar-refractivity contribution in [1.29, 1.82) is 0 Å². The number of nitrogens with zero attached hydrogens (tertiary/aromatic N) is 1. The van der Waals surface area contributed by atoms with Gasteiger partial charge in [-0.15, -0.1) is 23.7 Å². The van der Waals surface area contributed by atoms with Crippen molar-refractivity contribution in [2.45, 2.75) is 25.3 Å². The summed E-state index contributed by atoms with van der Waals surface area (Å²) < 4.78 is 10.4. The van der Waals surface area contributed by atoms with E-state index in [9.17, 15) is 4.79 Å². The minimum atomic E-state index is -0.221. The summed E-state index contributed by atoms with van der Waals surface area (Å²) in [7, 11) is 3.10. The molecule has 2 aromatic rings. The molecule has 1 aliphatic rings. The second kappa shape index (κ2) is 7.83. The number of amides is 1. The zero-order chi connectivity index (χ0) is 16.4. The fraction of sp³-hybridized carbons (Fsp3) is 0.375. The van der Waals surface area contributed by atoms with Gasteiger partial charge in [0.1, 0.15) is 0 Å². The number of benzene rings is 1. The van der Waals surface area contributed by atoms with Gasteiger partial charge in [0.25, 0.3) is 5.91 Å². The summed E-state index contributed by atoms with van der Waals surface area (Å²) in [6.07, 6.45) is 2.65. The minimum absolute atomic E-state index is 0. The SMILES string of the molecule is COc1ccc(C(=O)Nc2nc3c(s2)C[C@@H](N)CC3)cc1OC.Cl. The molecule has 0 bridgehead atoms. The Bertz CT molecular complexity index is 735. The molecule has 1 atom stereocenters. The number of fused-ring (bicyclic) bond motifs is 1. The van der Waals surface area contributed by atoms with Crippen molar-refractivity contribution in [1.82, 2.24) is 4.98 Å². The maximum atomic E-state index is 12.4. The number of carbonyl (C=O) groups is 1. The molecule has 130 valence electrons. The van der Waals surface area contributed by atoms with E-state index in [0.717, 1.165) is 25.0 Å². The average molecular weight is 370 g/mol. The predicted octanol–water partition coefficient (Wildman–Crippen LogP) is 2.65. The first-order valence-electron chi connectivity index (χ1n) is 7.38. The number of nitrogens with two attached hydrogens (primary N) is 1. The smallest absolute Gasteiger partial charge is 0.257 e. The van der Waals surface area contributed by atoms with E-state index >= 15 is 0 Å². The van der Waals surface area contributed by atoms with Crippen molar-refractivity contribution in [3.05, 3.63) is 34.3 Å². The van der Waals surface area contributed by atoms with Gasteiger partial charge >= 0.3 is 0 Å². The number of hydrogen-bond acceptors (Lipinski definition) is 6. The largest absolute Gasteiger partial charge is 0.493 e. The summed E-state index contributed by atoms with van der Waals surface area (Å²) >= 11 is 1.50. The van der Waals surface area contributed by atoms with Crippen LogP contribution < -0.4 is 20.5 Å². The van der Waals surface area contributed by atoms with Crippen LogP contribution in [-0.4, -0.2) is 31.2 Å². The van der Waals surface area contributed by atoms with Crippen molar-refractivity contribution in [3.63, 3.8) is 0 Å². The van der Waals surface area contributed by atoms with Gasteiger partial charge in [0.15, 0.2) is 16.6 Å². The number of nitrogens with one attached hydrogen (secondary N) is 1. The molecular weight excluding hydrogens is 350 g/mol. The Morgan fingerprint density at radius 1 is 1.33 bits per heavy atom. The summed E-state index contributed by atoms with van der Waals surface area (Å²) in [5.74, 6) is 0.883. The zero-order valence-corrected chi connectivity index (χ0v) is 15.1. The minimum Gasteiger partial charge on any atom is -0.493 e. The molecule has 0 radical (unpaired) electrons. The van der Waals surface area contributed by atoms with Gasteiger partial charge in [-0.1, -0.05) is 0 Å². The highest BCUT2D eigenvalue weighted by Crippen LogP contribution is 2.31. The van der Waals surface area contributed by atoms with Crippen molar-refractivity contribution in [2.24, 2.45) is 5.73 Å². The Labute approximate surface area is 150 Å². The van der Waals surface area contributed by atoms with E-state index < -0.39 is 0 Å². The van der Waals surface area contributed by atoms with Crippen molar-refractivity contribution in [3.8, 4) is 11.5 Å². The standard InChI is InChI=1S/C16H19N3O3S.ClH/c1-21-12-6-3-9(7-13(12)22-2)15(20)19-16-18-11-5-4-10(17)8-14(11)23-16;/h3,6-7,10H,4-5,8,17H2,1-2H3,(H,18,19,20);1H/t10-;/m0./s1. The lowest BCUT2D eigenvalue weighted by atomic mass is 9.99. The van der Waals surface area contributed by atoms with Crippen LogP contribution in [0.25, 0.3) is 0 Å². The fourth-order valence-corrected chi connectivity index (χ4v) is 3.70. The molecule has 1 aliphatic carbocycles. The highest BCUT2D eigenvalue weighted by Gasteiger charge is 2.21. The molecule has 1 heterocycles. The molecule has 0 fully saturated rings. The van der Waals surface area contributed by atoms with Crippen LogP contribution in [-0.2, 0) is 12.8 Å². The van der Waals surface area contributed by atoms with E-state index in [1.807, 2.05) is 0 Å². The van der Waals surface area contributed by atoms with Gasteiger partial charge in [-0.2, -0.15) is 0 Å². The number of ether oxygens (including phenoxy) is 2. The maximum absolute atomic E-state index is 12.4.